The van der Waals surface area contributed by atoms with Crippen LogP contribution < -0.4 is 9.80 Å². The highest BCUT2D eigenvalue weighted by molar-refractivity contribution is 6.71. The van der Waals surface area contributed by atoms with Crippen molar-refractivity contribution in [3.05, 3.63) is 106 Å². The van der Waals surface area contributed by atoms with Crippen LogP contribution in [0.3, 0.4) is 0 Å². The van der Waals surface area contributed by atoms with Crippen LogP contribution in [0.5, 0.6) is 0 Å². The Labute approximate surface area is 286 Å². The molecule has 0 radical (unpaired) electrons. The maximum atomic E-state index is 14.7. The second kappa shape index (κ2) is 12.5. The van der Waals surface area contributed by atoms with Crippen LogP contribution in [0.15, 0.2) is 79.0 Å². The molecule has 4 aromatic rings. The molecular formula is C36H40ClN5O5Si. The van der Waals surface area contributed by atoms with Crippen LogP contribution in [0.2, 0.25) is 23.7 Å². The van der Waals surface area contributed by atoms with E-state index in [0.717, 1.165) is 34.6 Å². The number of rotatable bonds is 10. The zero-order valence-electron chi connectivity index (χ0n) is 27.3. The van der Waals surface area contributed by atoms with E-state index in [-0.39, 0.29) is 35.8 Å². The fourth-order valence-corrected chi connectivity index (χ4v) is 10.7. The number of anilines is 2. The van der Waals surface area contributed by atoms with Crippen molar-refractivity contribution in [2.45, 2.75) is 69.1 Å². The van der Waals surface area contributed by atoms with E-state index in [4.69, 9.17) is 16.3 Å². The van der Waals surface area contributed by atoms with Crippen LogP contribution in [-0.4, -0.2) is 64.3 Å². The zero-order valence-corrected chi connectivity index (χ0v) is 29.0. The van der Waals surface area contributed by atoms with Crippen LogP contribution in [0.1, 0.15) is 48.1 Å². The van der Waals surface area contributed by atoms with Gasteiger partial charge in [0.2, 0.25) is 5.91 Å². The predicted molar refractivity (Wildman–Crippen MR) is 185 cm³/mol. The van der Waals surface area contributed by atoms with Crippen LogP contribution >= 0.6 is 11.6 Å². The second-order valence-electron chi connectivity index (χ2n) is 13.7. The fourth-order valence-electron chi connectivity index (χ4n) is 7.93. The summed E-state index contributed by atoms with van der Waals surface area (Å²) in [7, 11) is -2.87. The lowest BCUT2D eigenvalue weighted by Crippen LogP contribution is -2.46. The van der Waals surface area contributed by atoms with Crippen molar-refractivity contribution in [1.82, 2.24) is 15.0 Å². The van der Waals surface area contributed by atoms with Crippen LogP contribution in [-0.2, 0) is 33.0 Å². The molecule has 0 aliphatic carbocycles. The largest absolute Gasteiger partial charge is 0.432 e. The van der Waals surface area contributed by atoms with Crippen molar-refractivity contribution < 1.29 is 24.2 Å². The number of aliphatic hydroxyl groups is 1. The van der Waals surface area contributed by atoms with Gasteiger partial charge in [0.15, 0.2) is 13.9 Å². The van der Waals surface area contributed by atoms with E-state index in [1.807, 2.05) is 92.9 Å². The SMILES string of the molecule is C[C@@H]1[C@@H]([Si](C)(C)O)[C@H](CCn2cc(C(CO)c3ccccc3)nn2)O[C@@]12C(=O)N(Cc1ccc(N3CCC3=O)cc1)c1ccc(Cl)cc12. The van der Waals surface area contributed by atoms with Crippen molar-refractivity contribution in [1.29, 1.82) is 0 Å². The summed E-state index contributed by atoms with van der Waals surface area (Å²) in [6.07, 6.45) is 2.49. The number of halogens is 1. The van der Waals surface area contributed by atoms with Gasteiger partial charge in [0.25, 0.3) is 5.91 Å². The first-order valence-electron chi connectivity index (χ1n) is 16.5. The summed E-state index contributed by atoms with van der Waals surface area (Å²) in [4.78, 5) is 41.8. The number of hydrogen-bond donors (Lipinski definition) is 2. The van der Waals surface area contributed by atoms with Crippen LogP contribution in [0.25, 0.3) is 0 Å². The minimum Gasteiger partial charge on any atom is -0.432 e. The average Bonchev–Trinajstić information content (AvgIpc) is 3.71. The molecule has 1 aromatic heterocycles. The number of carbonyl (C=O) groups is 2. The molecule has 3 aliphatic heterocycles. The van der Waals surface area contributed by atoms with E-state index in [2.05, 4.69) is 10.3 Å². The van der Waals surface area contributed by atoms with E-state index >= 15 is 0 Å². The lowest BCUT2D eigenvalue weighted by Gasteiger charge is -2.32. The number of fused-ring (bicyclic) bond motifs is 2. The van der Waals surface area contributed by atoms with E-state index < -0.39 is 20.0 Å². The molecular weight excluding hydrogens is 646 g/mol. The first kappa shape index (κ1) is 32.7. The number of aryl methyl sites for hydroxylation is 1. The first-order valence-corrected chi connectivity index (χ1v) is 19.9. The summed E-state index contributed by atoms with van der Waals surface area (Å²) in [5, 5.41) is 19.4. The lowest BCUT2D eigenvalue weighted by molar-refractivity contribution is -0.146. The van der Waals surface area contributed by atoms with Crippen LogP contribution in [0, 0.1) is 5.92 Å². The number of amides is 2. The van der Waals surface area contributed by atoms with Crippen LogP contribution in [0.4, 0.5) is 11.4 Å². The topological polar surface area (TPSA) is 121 Å². The molecule has 12 heteroatoms. The Balaban J connectivity index is 1.16. The molecule has 3 aromatic carbocycles. The Morgan fingerprint density at radius 3 is 2.48 bits per heavy atom. The van der Waals surface area contributed by atoms with Gasteiger partial charge in [-0.15, -0.1) is 5.10 Å². The van der Waals surface area contributed by atoms with E-state index in [0.29, 0.717) is 36.6 Å². The molecule has 4 heterocycles. The summed E-state index contributed by atoms with van der Waals surface area (Å²) in [6.45, 7) is 7.23. The average molecular weight is 686 g/mol. The van der Waals surface area contributed by atoms with Gasteiger partial charge in [-0.3, -0.25) is 14.3 Å². The molecule has 2 saturated heterocycles. The Bertz CT molecular complexity index is 1830. The number of hydrogen-bond acceptors (Lipinski definition) is 7. The van der Waals surface area contributed by atoms with Crippen molar-refractivity contribution in [2.24, 2.45) is 5.92 Å². The molecule has 0 saturated carbocycles. The van der Waals surface area contributed by atoms with E-state index in [9.17, 15) is 19.5 Å². The molecule has 48 heavy (non-hydrogen) atoms. The molecule has 2 fully saturated rings. The van der Waals surface area contributed by atoms with E-state index in [1.165, 1.54) is 0 Å². The van der Waals surface area contributed by atoms with Gasteiger partial charge in [-0.1, -0.05) is 66.2 Å². The molecule has 3 aliphatic rings. The molecule has 250 valence electrons. The van der Waals surface area contributed by atoms with Gasteiger partial charge in [0.1, 0.15) is 0 Å². The number of nitrogens with zero attached hydrogens (tertiary/aromatic N) is 5. The molecule has 0 bridgehead atoms. The highest BCUT2D eigenvalue weighted by Gasteiger charge is 2.66. The molecule has 2 N–H and O–H groups in total. The third-order valence-electron chi connectivity index (χ3n) is 10.3. The maximum Gasteiger partial charge on any atom is 0.264 e. The van der Waals surface area contributed by atoms with E-state index in [1.54, 1.807) is 20.5 Å². The number of aromatic nitrogens is 3. The highest BCUT2D eigenvalue weighted by Crippen LogP contribution is 2.60. The van der Waals surface area contributed by atoms with Crippen molar-refractivity contribution in [3.63, 3.8) is 0 Å². The number of ether oxygens (including phenoxy) is 1. The maximum absolute atomic E-state index is 14.7. The molecule has 10 nitrogen and oxygen atoms in total. The summed E-state index contributed by atoms with van der Waals surface area (Å²) >= 11 is 6.56. The van der Waals surface area contributed by atoms with Gasteiger partial charge in [0.05, 0.1) is 36.6 Å². The number of aliphatic hydroxyl groups excluding tert-OH is 1. The molecule has 7 rings (SSSR count). The molecule has 1 unspecified atom stereocenters. The number of β-lactam (4-membered cyclic amide) rings is 1. The van der Waals surface area contributed by atoms with Crippen molar-refractivity contribution >= 4 is 43.1 Å². The third kappa shape index (κ3) is 5.57. The normalized spacial score (nSPS) is 24.3. The van der Waals surface area contributed by atoms with Gasteiger partial charge >= 0.3 is 0 Å². The summed E-state index contributed by atoms with van der Waals surface area (Å²) < 4.78 is 8.70. The van der Waals surface area contributed by atoms with Crippen molar-refractivity contribution in [3.8, 4) is 0 Å². The standard InChI is InChI=1S/C36H40ClN5O5Si/c1-23-34(48(2,3)46)32(15-17-40-21-30(38-39-40)28(22-43)25-7-5-4-6-8-25)47-36(23)29-19-26(37)11-14-31(29)42(35(36)45)20-24-9-12-27(13-10-24)41-18-16-33(41)44/h4-14,19,21,23,28,32,34,43,46H,15-18,20,22H2,1-3H3/t23-,28?,32+,34-,36+/m1/s1. The fraction of sp³-hybridized carbons (Fsp3) is 0.389. The molecule has 2 amide bonds. The van der Waals surface area contributed by atoms with Gasteiger partial charge in [-0.2, -0.15) is 0 Å². The smallest absolute Gasteiger partial charge is 0.264 e. The Morgan fingerprint density at radius 1 is 1.08 bits per heavy atom. The first-order chi connectivity index (χ1) is 23.0. The van der Waals surface area contributed by atoms with Gasteiger partial charge in [0, 0.05) is 53.4 Å². The van der Waals surface area contributed by atoms with Gasteiger partial charge in [-0.05, 0) is 61.0 Å². The quantitative estimate of drug-likeness (QED) is 0.173. The predicted octanol–water partition coefficient (Wildman–Crippen LogP) is 5.23. The summed E-state index contributed by atoms with van der Waals surface area (Å²) in [5.41, 5.74) is 3.31. The minimum atomic E-state index is -2.87. The zero-order chi connectivity index (χ0) is 33.8. The molecule has 1 spiro atoms. The summed E-state index contributed by atoms with van der Waals surface area (Å²) in [6, 6.07) is 23.0. The highest BCUT2D eigenvalue weighted by atomic mass is 35.5. The Morgan fingerprint density at radius 2 is 1.83 bits per heavy atom. The monoisotopic (exact) mass is 685 g/mol. The minimum absolute atomic E-state index is 0.0936. The number of benzene rings is 3. The van der Waals surface area contributed by atoms with Gasteiger partial charge < -0.3 is 24.4 Å². The summed E-state index contributed by atoms with van der Waals surface area (Å²) in [5.74, 6) is -0.674. The third-order valence-corrected chi connectivity index (χ3v) is 13.1. The number of carbonyl (C=O) groups excluding carboxylic acids is 2. The molecule has 5 atom stereocenters. The van der Waals surface area contributed by atoms with Crippen molar-refractivity contribution in [2.75, 3.05) is 23.0 Å². The second-order valence-corrected chi connectivity index (χ2v) is 18.1. The lowest BCUT2D eigenvalue weighted by atomic mass is 9.82. The Kier molecular flexibility index (Phi) is 8.53. The van der Waals surface area contributed by atoms with Gasteiger partial charge in [-0.25, -0.2) is 0 Å². The Hall–Kier alpha value is -3.87.